The molecule has 62 heavy (non-hydrogen) atoms. The highest BCUT2D eigenvalue weighted by molar-refractivity contribution is 6.06. The van der Waals surface area contributed by atoms with Crippen molar-refractivity contribution in [3.05, 3.63) is 95.2 Å². The number of aromatic hydroxyl groups is 1. The predicted octanol–water partition coefficient (Wildman–Crippen LogP) is 7.06. The van der Waals surface area contributed by atoms with E-state index in [2.05, 4.69) is 44.2 Å². The molecule has 324 valence electrons. The van der Waals surface area contributed by atoms with Gasteiger partial charge in [0.2, 0.25) is 5.91 Å². The summed E-state index contributed by atoms with van der Waals surface area (Å²) in [7, 11) is 0. The molecular formula is C47H53F2N9O4. The Bertz CT molecular complexity index is 2530. The molecule has 15 heteroatoms. The van der Waals surface area contributed by atoms with E-state index in [4.69, 9.17) is 5.73 Å². The van der Waals surface area contributed by atoms with E-state index < -0.39 is 17.9 Å². The van der Waals surface area contributed by atoms with Gasteiger partial charge in [0.15, 0.2) is 5.82 Å². The SMILES string of the molecule is Cc1cc(C(=O)N2CCC(F)(CN3CCC(n4cc(C)c5cc(N6CCC(=O)NC6=O)ccc54)CC3)CC2)ccc1[C@H]1C[C@@H](F)CN(c2cc(-c3ccccc3O)nnc2N)C1. The number of nitrogens with zero attached hydrogens (tertiary/aromatic N) is 7. The number of piperidine rings is 3. The molecule has 4 saturated heterocycles. The Morgan fingerprint density at radius 2 is 1.71 bits per heavy atom. The summed E-state index contributed by atoms with van der Waals surface area (Å²) in [6, 6.07) is 20.1. The number of anilines is 3. The molecule has 4 N–H and O–H groups in total. The number of hydrogen-bond acceptors (Lipinski definition) is 9. The molecule has 0 unspecified atom stereocenters. The van der Waals surface area contributed by atoms with Crippen molar-refractivity contribution in [1.82, 2.24) is 29.9 Å². The number of phenolic OH excluding ortho intramolecular Hbond substituents is 1. The molecule has 0 radical (unpaired) electrons. The fourth-order valence-electron chi connectivity index (χ4n) is 10.1. The summed E-state index contributed by atoms with van der Waals surface area (Å²) in [4.78, 5) is 45.4. The minimum absolute atomic E-state index is 0.0625. The number of amides is 4. The van der Waals surface area contributed by atoms with Crippen molar-refractivity contribution < 1.29 is 28.3 Å². The molecule has 5 aromatic rings. The summed E-state index contributed by atoms with van der Waals surface area (Å²) in [5, 5.41) is 22.2. The lowest BCUT2D eigenvalue weighted by molar-refractivity contribution is -0.120. The maximum atomic E-state index is 16.4. The van der Waals surface area contributed by atoms with Crippen LogP contribution in [0.25, 0.3) is 22.2 Å². The molecule has 0 spiro atoms. The lowest BCUT2D eigenvalue weighted by atomic mass is 9.86. The van der Waals surface area contributed by atoms with Crippen LogP contribution in [0.4, 0.5) is 30.8 Å². The Morgan fingerprint density at radius 1 is 0.935 bits per heavy atom. The zero-order valence-electron chi connectivity index (χ0n) is 35.2. The van der Waals surface area contributed by atoms with Crippen LogP contribution in [0.15, 0.2) is 72.9 Å². The summed E-state index contributed by atoms with van der Waals surface area (Å²) >= 11 is 0. The molecule has 4 fully saturated rings. The summed E-state index contributed by atoms with van der Waals surface area (Å²) < 4.78 is 34.2. The van der Waals surface area contributed by atoms with Gasteiger partial charge < -0.3 is 30.1 Å². The molecule has 0 saturated carbocycles. The van der Waals surface area contributed by atoms with Crippen LogP contribution in [-0.4, -0.2) is 112 Å². The molecule has 13 nitrogen and oxygen atoms in total. The van der Waals surface area contributed by atoms with Gasteiger partial charge in [0.05, 0.1) is 11.4 Å². The van der Waals surface area contributed by atoms with Crippen molar-refractivity contribution in [2.24, 2.45) is 0 Å². The molecule has 0 bridgehead atoms. The molecule has 3 aromatic carbocycles. The van der Waals surface area contributed by atoms with E-state index in [0.29, 0.717) is 61.7 Å². The Hall–Kier alpha value is -6.09. The van der Waals surface area contributed by atoms with Gasteiger partial charge in [-0.05, 0) is 98.3 Å². The van der Waals surface area contributed by atoms with Crippen LogP contribution < -0.4 is 20.9 Å². The number of nitrogen functional groups attached to an aromatic ring is 1. The number of imide groups is 1. The average Bonchev–Trinajstić information content (AvgIpc) is 3.59. The Balaban J connectivity index is 0.790. The number of nitrogens with two attached hydrogens (primary N) is 1. The van der Waals surface area contributed by atoms with E-state index >= 15 is 8.78 Å². The molecule has 4 amide bonds. The largest absolute Gasteiger partial charge is 0.507 e. The van der Waals surface area contributed by atoms with Crippen LogP contribution in [0.1, 0.15) is 77.5 Å². The van der Waals surface area contributed by atoms with Crippen LogP contribution in [0.5, 0.6) is 5.75 Å². The van der Waals surface area contributed by atoms with Gasteiger partial charge in [0.1, 0.15) is 17.6 Å². The summed E-state index contributed by atoms with van der Waals surface area (Å²) in [6.07, 6.45) is 3.97. The highest BCUT2D eigenvalue weighted by atomic mass is 19.1. The number of nitrogens with one attached hydrogen (secondary N) is 1. The number of carbonyl (C=O) groups excluding carboxylic acids is 3. The van der Waals surface area contributed by atoms with Crippen molar-refractivity contribution >= 4 is 45.9 Å². The fourth-order valence-corrected chi connectivity index (χ4v) is 10.1. The van der Waals surface area contributed by atoms with E-state index in [9.17, 15) is 19.5 Å². The number of alkyl halides is 2. The number of phenols is 1. The average molecular weight is 846 g/mol. The van der Waals surface area contributed by atoms with Gasteiger partial charge in [-0.25, -0.2) is 13.6 Å². The lowest BCUT2D eigenvalue weighted by Crippen LogP contribution is -2.51. The van der Waals surface area contributed by atoms with Gasteiger partial charge in [-0.3, -0.25) is 19.8 Å². The van der Waals surface area contributed by atoms with Gasteiger partial charge in [-0.2, -0.15) is 0 Å². The first-order valence-electron chi connectivity index (χ1n) is 21.7. The summed E-state index contributed by atoms with van der Waals surface area (Å²) in [5.41, 5.74) is 11.8. The normalized spacial score (nSPS) is 21.4. The van der Waals surface area contributed by atoms with Gasteiger partial charge in [0, 0.05) is 117 Å². The number of halogens is 2. The van der Waals surface area contributed by atoms with Crippen molar-refractivity contribution in [2.75, 3.05) is 67.9 Å². The third-order valence-electron chi connectivity index (χ3n) is 13.5. The number of likely N-dealkylation sites (tertiary alicyclic amines) is 2. The standard InChI is InChI=1S/C47H53F2N9O4/c1-29-21-31(7-9-36(29)32-22-33(48)27-56(26-32)41-24-39(52-53-44(41)50)37-5-3-4-6-42(37)59)45(61)55-19-14-47(49,15-20-55)28-54-16-11-34(12-17-54)58-25-30(2)38-23-35(8-10-40(38)58)57-18-13-43(60)51-46(57)62/h3-10,21,23-25,32-34,59H,11-20,22,26-28H2,1-2H3,(H2,50,53)(H,51,60,62)/t32-,33+/m0/s1. The quantitative estimate of drug-likeness (QED) is 0.149. The first-order chi connectivity index (χ1) is 29.8. The van der Waals surface area contributed by atoms with Gasteiger partial charge in [-0.1, -0.05) is 18.2 Å². The number of aryl methyl sites for hydroxylation is 2. The van der Waals surface area contributed by atoms with E-state index in [-0.39, 0.29) is 61.1 Å². The minimum Gasteiger partial charge on any atom is -0.507 e. The topological polar surface area (TPSA) is 153 Å². The second-order valence-corrected chi connectivity index (χ2v) is 17.6. The van der Waals surface area contributed by atoms with Crippen molar-refractivity contribution in [3.8, 4) is 17.0 Å². The lowest BCUT2D eigenvalue weighted by Gasteiger charge is -2.41. The van der Waals surface area contributed by atoms with Crippen LogP contribution in [0, 0.1) is 13.8 Å². The van der Waals surface area contributed by atoms with Crippen LogP contribution in [0.3, 0.4) is 0 Å². The zero-order chi connectivity index (χ0) is 43.3. The monoisotopic (exact) mass is 845 g/mol. The highest BCUT2D eigenvalue weighted by Gasteiger charge is 2.39. The number of rotatable bonds is 8. The predicted molar refractivity (Wildman–Crippen MR) is 235 cm³/mol. The number of urea groups is 1. The molecule has 4 aliphatic heterocycles. The van der Waals surface area contributed by atoms with E-state index in [1.54, 1.807) is 40.1 Å². The smallest absolute Gasteiger partial charge is 0.328 e. The summed E-state index contributed by atoms with van der Waals surface area (Å²) in [6.45, 7) is 7.57. The number of aromatic nitrogens is 3. The van der Waals surface area contributed by atoms with Gasteiger partial charge >= 0.3 is 6.03 Å². The second-order valence-electron chi connectivity index (χ2n) is 17.6. The highest BCUT2D eigenvalue weighted by Crippen LogP contribution is 2.39. The number of hydrogen-bond donors (Lipinski definition) is 3. The Labute approximate surface area is 359 Å². The fraction of sp³-hybridized carbons (Fsp3) is 0.426. The third-order valence-corrected chi connectivity index (χ3v) is 13.5. The molecule has 6 heterocycles. The zero-order valence-corrected chi connectivity index (χ0v) is 35.2. The number of carbonyl (C=O) groups is 3. The van der Waals surface area contributed by atoms with Crippen molar-refractivity contribution in [3.63, 3.8) is 0 Å². The third kappa shape index (κ3) is 8.17. The number of benzene rings is 3. The van der Waals surface area contributed by atoms with Crippen molar-refractivity contribution in [1.29, 1.82) is 0 Å². The first kappa shape index (κ1) is 41.3. The number of fused-ring (bicyclic) bond motifs is 1. The van der Waals surface area contributed by atoms with Gasteiger partial charge in [0.25, 0.3) is 5.91 Å². The van der Waals surface area contributed by atoms with E-state index in [1.165, 1.54) is 0 Å². The van der Waals surface area contributed by atoms with Crippen molar-refractivity contribution in [2.45, 2.75) is 76.2 Å². The molecule has 2 atom stereocenters. The number of para-hydroxylation sites is 1. The Morgan fingerprint density at radius 3 is 2.45 bits per heavy atom. The van der Waals surface area contributed by atoms with Crippen LogP contribution in [-0.2, 0) is 4.79 Å². The van der Waals surface area contributed by atoms with Gasteiger partial charge in [-0.15, -0.1) is 10.2 Å². The minimum atomic E-state index is -1.38. The van der Waals surface area contributed by atoms with Crippen LogP contribution >= 0.6 is 0 Å². The molecule has 4 aliphatic rings. The molecule has 0 aliphatic carbocycles. The second kappa shape index (κ2) is 16.6. The van der Waals surface area contributed by atoms with E-state index in [1.807, 2.05) is 42.2 Å². The molecular weight excluding hydrogens is 793 g/mol. The Kier molecular flexibility index (Phi) is 11.1. The maximum absolute atomic E-state index is 16.4. The summed E-state index contributed by atoms with van der Waals surface area (Å²) in [5.74, 6) is -0.305. The molecule has 2 aromatic heterocycles. The van der Waals surface area contributed by atoms with Crippen LogP contribution in [0.2, 0.25) is 0 Å². The first-order valence-corrected chi connectivity index (χ1v) is 21.7. The molecule has 9 rings (SSSR count). The van der Waals surface area contributed by atoms with E-state index in [0.717, 1.165) is 59.2 Å². The maximum Gasteiger partial charge on any atom is 0.328 e.